The van der Waals surface area contributed by atoms with Crippen LogP contribution < -0.4 is 14.8 Å². The van der Waals surface area contributed by atoms with Gasteiger partial charge < -0.3 is 19.2 Å². The second kappa shape index (κ2) is 6.58. The van der Waals surface area contributed by atoms with E-state index in [4.69, 9.17) is 13.9 Å². The first-order valence-corrected chi connectivity index (χ1v) is 7.30. The molecule has 1 N–H and O–H groups in total. The molecule has 0 aliphatic carbocycles. The average molecular weight is 289 g/mol. The molecule has 21 heavy (non-hydrogen) atoms. The van der Waals surface area contributed by atoms with Crippen molar-refractivity contribution in [1.82, 2.24) is 15.5 Å². The average Bonchev–Trinajstić information content (AvgIpc) is 3.00. The van der Waals surface area contributed by atoms with E-state index in [2.05, 4.69) is 22.4 Å². The normalized spacial score (nSPS) is 13.4. The SMILES string of the molecule is CCCNCCc1nnc(-c2ccc3c(c2)OCCO3)o1. The molecule has 0 unspecified atom stereocenters. The van der Waals surface area contributed by atoms with E-state index in [1.54, 1.807) is 0 Å². The third-order valence-electron chi connectivity index (χ3n) is 3.20. The summed E-state index contributed by atoms with van der Waals surface area (Å²) in [6.45, 7) is 5.13. The van der Waals surface area contributed by atoms with E-state index in [-0.39, 0.29) is 0 Å². The topological polar surface area (TPSA) is 69.4 Å². The van der Waals surface area contributed by atoms with Gasteiger partial charge in [-0.3, -0.25) is 0 Å². The van der Waals surface area contributed by atoms with Crippen LogP contribution in [-0.2, 0) is 6.42 Å². The van der Waals surface area contributed by atoms with Gasteiger partial charge in [-0.25, -0.2) is 0 Å². The molecule has 6 heteroatoms. The molecule has 1 aromatic heterocycles. The molecule has 0 amide bonds. The van der Waals surface area contributed by atoms with E-state index >= 15 is 0 Å². The van der Waals surface area contributed by atoms with Gasteiger partial charge in [0.15, 0.2) is 11.5 Å². The van der Waals surface area contributed by atoms with Crippen LogP contribution in [0.4, 0.5) is 0 Å². The van der Waals surface area contributed by atoms with Gasteiger partial charge in [-0.15, -0.1) is 10.2 Å². The van der Waals surface area contributed by atoms with Crippen LogP contribution in [0.15, 0.2) is 22.6 Å². The van der Waals surface area contributed by atoms with Crippen LogP contribution in [0.5, 0.6) is 11.5 Å². The molecule has 0 saturated heterocycles. The molecule has 0 fully saturated rings. The first-order valence-electron chi connectivity index (χ1n) is 7.30. The van der Waals surface area contributed by atoms with Crippen LogP contribution in [0.1, 0.15) is 19.2 Å². The van der Waals surface area contributed by atoms with Crippen molar-refractivity contribution in [2.24, 2.45) is 0 Å². The lowest BCUT2D eigenvalue weighted by Gasteiger charge is -2.18. The minimum Gasteiger partial charge on any atom is -0.486 e. The number of nitrogens with zero attached hydrogens (tertiary/aromatic N) is 2. The van der Waals surface area contributed by atoms with Gasteiger partial charge in [-0.1, -0.05) is 6.92 Å². The summed E-state index contributed by atoms with van der Waals surface area (Å²) in [6, 6.07) is 5.65. The summed E-state index contributed by atoms with van der Waals surface area (Å²) in [4.78, 5) is 0. The molecule has 0 spiro atoms. The summed E-state index contributed by atoms with van der Waals surface area (Å²) in [7, 11) is 0. The monoisotopic (exact) mass is 289 g/mol. The lowest BCUT2D eigenvalue weighted by Crippen LogP contribution is -2.17. The molecule has 6 nitrogen and oxygen atoms in total. The number of rotatable bonds is 6. The molecule has 1 aliphatic rings. The van der Waals surface area contributed by atoms with Crippen molar-refractivity contribution in [1.29, 1.82) is 0 Å². The van der Waals surface area contributed by atoms with Crippen LogP contribution in [-0.4, -0.2) is 36.5 Å². The lowest BCUT2D eigenvalue weighted by atomic mass is 10.2. The third kappa shape index (κ3) is 3.33. The van der Waals surface area contributed by atoms with Gasteiger partial charge in [-0.05, 0) is 31.2 Å². The fourth-order valence-corrected chi connectivity index (χ4v) is 2.14. The van der Waals surface area contributed by atoms with Gasteiger partial charge in [0.2, 0.25) is 11.8 Å². The predicted molar refractivity (Wildman–Crippen MR) is 77.6 cm³/mol. The van der Waals surface area contributed by atoms with Gasteiger partial charge in [-0.2, -0.15) is 0 Å². The molecule has 0 saturated carbocycles. The Hall–Kier alpha value is -2.08. The van der Waals surface area contributed by atoms with Crippen LogP contribution >= 0.6 is 0 Å². The van der Waals surface area contributed by atoms with Crippen LogP contribution in [0, 0.1) is 0 Å². The van der Waals surface area contributed by atoms with E-state index in [0.29, 0.717) is 25.0 Å². The van der Waals surface area contributed by atoms with E-state index in [0.717, 1.165) is 43.0 Å². The molecule has 0 radical (unpaired) electrons. The first kappa shape index (κ1) is 13.9. The summed E-state index contributed by atoms with van der Waals surface area (Å²) >= 11 is 0. The number of benzene rings is 1. The fourth-order valence-electron chi connectivity index (χ4n) is 2.14. The minimum absolute atomic E-state index is 0.512. The molecule has 2 heterocycles. The number of hydrogen-bond donors (Lipinski definition) is 1. The minimum atomic E-state index is 0.512. The second-order valence-electron chi connectivity index (χ2n) is 4.86. The highest BCUT2D eigenvalue weighted by atomic mass is 16.6. The maximum atomic E-state index is 5.68. The Morgan fingerprint density at radius 2 is 1.95 bits per heavy atom. The summed E-state index contributed by atoms with van der Waals surface area (Å²) in [5.74, 6) is 2.64. The Bertz CT molecular complexity index is 598. The Kier molecular flexibility index (Phi) is 4.35. The van der Waals surface area contributed by atoms with E-state index in [1.165, 1.54) is 0 Å². The van der Waals surface area contributed by atoms with Crippen molar-refractivity contribution in [2.75, 3.05) is 26.3 Å². The van der Waals surface area contributed by atoms with Crippen molar-refractivity contribution < 1.29 is 13.9 Å². The van der Waals surface area contributed by atoms with Gasteiger partial charge in [0.05, 0.1) is 0 Å². The molecule has 0 bridgehead atoms. The Morgan fingerprint density at radius 3 is 2.81 bits per heavy atom. The summed E-state index contributed by atoms with van der Waals surface area (Å²) in [5, 5.41) is 11.5. The van der Waals surface area contributed by atoms with Crippen LogP contribution in [0.25, 0.3) is 11.5 Å². The smallest absolute Gasteiger partial charge is 0.247 e. The van der Waals surface area contributed by atoms with E-state index in [9.17, 15) is 0 Å². The molecule has 0 atom stereocenters. The molecule has 2 aromatic rings. The van der Waals surface area contributed by atoms with Gasteiger partial charge in [0.1, 0.15) is 13.2 Å². The van der Waals surface area contributed by atoms with Gasteiger partial charge in [0.25, 0.3) is 0 Å². The number of hydrogen-bond acceptors (Lipinski definition) is 6. The summed E-state index contributed by atoms with van der Waals surface area (Å²) in [6.07, 6.45) is 1.85. The highest BCUT2D eigenvalue weighted by Crippen LogP contribution is 2.34. The Labute approximate surface area is 123 Å². The quantitative estimate of drug-likeness (QED) is 0.821. The fraction of sp³-hybridized carbons (Fsp3) is 0.467. The third-order valence-corrected chi connectivity index (χ3v) is 3.20. The highest BCUT2D eigenvalue weighted by molar-refractivity contribution is 5.59. The van der Waals surface area contributed by atoms with Crippen molar-refractivity contribution in [3.8, 4) is 23.0 Å². The van der Waals surface area contributed by atoms with Crippen molar-refractivity contribution >= 4 is 0 Å². The number of nitrogens with one attached hydrogen (secondary N) is 1. The number of ether oxygens (including phenoxy) is 2. The second-order valence-corrected chi connectivity index (χ2v) is 4.86. The molecular formula is C15H19N3O3. The summed E-state index contributed by atoms with van der Waals surface area (Å²) in [5.41, 5.74) is 0.847. The molecule has 112 valence electrons. The largest absolute Gasteiger partial charge is 0.486 e. The number of fused-ring (bicyclic) bond motifs is 1. The summed E-state index contributed by atoms with van der Waals surface area (Å²) < 4.78 is 16.7. The predicted octanol–water partition coefficient (Wildman–Crippen LogP) is 2.05. The lowest BCUT2D eigenvalue weighted by molar-refractivity contribution is 0.171. The highest BCUT2D eigenvalue weighted by Gasteiger charge is 2.15. The maximum absolute atomic E-state index is 5.68. The number of aromatic nitrogens is 2. The Morgan fingerprint density at radius 1 is 1.10 bits per heavy atom. The molecular weight excluding hydrogens is 270 g/mol. The molecule has 1 aromatic carbocycles. The van der Waals surface area contributed by atoms with E-state index < -0.39 is 0 Å². The zero-order chi connectivity index (χ0) is 14.5. The van der Waals surface area contributed by atoms with Crippen molar-refractivity contribution in [3.05, 3.63) is 24.1 Å². The van der Waals surface area contributed by atoms with Crippen LogP contribution in [0.2, 0.25) is 0 Å². The van der Waals surface area contributed by atoms with Gasteiger partial charge >= 0.3 is 0 Å². The first-order chi connectivity index (χ1) is 10.4. The van der Waals surface area contributed by atoms with Crippen molar-refractivity contribution in [3.63, 3.8) is 0 Å². The maximum Gasteiger partial charge on any atom is 0.247 e. The zero-order valence-electron chi connectivity index (χ0n) is 12.1. The van der Waals surface area contributed by atoms with Gasteiger partial charge in [0, 0.05) is 18.5 Å². The standard InChI is InChI=1S/C15H19N3O3/c1-2-6-16-7-5-14-17-18-15(21-14)11-3-4-12-13(10-11)20-9-8-19-12/h3-4,10,16H,2,5-9H2,1H3. The Balaban J connectivity index is 1.68. The molecule has 3 rings (SSSR count). The van der Waals surface area contributed by atoms with Crippen molar-refractivity contribution in [2.45, 2.75) is 19.8 Å². The van der Waals surface area contributed by atoms with E-state index in [1.807, 2.05) is 18.2 Å². The zero-order valence-corrected chi connectivity index (χ0v) is 12.1. The molecule has 1 aliphatic heterocycles. The van der Waals surface area contributed by atoms with Crippen LogP contribution in [0.3, 0.4) is 0 Å².